The number of aromatic nitrogens is 2. The van der Waals surface area contributed by atoms with Crippen molar-refractivity contribution in [2.75, 3.05) is 5.32 Å². The fourth-order valence-corrected chi connectivity index (χ4v) is 2.75. The van der Waals surface area contributed by atoms with Gasteiger partial charge in [-0.05, 0) is 18.6 Å². The van der Waals surface area contributed by atoms with Gasteiger partial charge in [-0.25, -0.2) is 0 Å². The van der Waals surface area contributed by atoms with Crippen LogP contribution in [0.3, 0.4) is 0 Å². The number of nitrogens with one attached hydrogen (secondary N) is 2. The molecule has 4 nitrogen and oxygen atoms in total. The zero-order chi connectivity index (χ0) is 15.2. The number of carbonyl (C=O) groups excluding carboxylic acids is 1. The van der Waals surface area contributed by atoms with Crippen molar-refractivity contribution in [3.8, 4) is 0 Å². The predicted molar refractivity (Wildman–Crippen MR) is 69.9 cm³/mol. The van der Waals surface area contributed by atoms with E-state index in [0.29, 0.717) is 17.1 Å². The number of hydrogen-bond donors (Lipinski definition) is 2. The molecule has 1 amide bonds. The summed E-state index contributed by atoms with van der Waals surface area (Å²) in [5.41, 5.74) is 0.667. The van der Waals surface area contributed by atoms with E-state index in [0.717, 1.165) is 6.07 Å². The Labute approximate surface area is 118 Å². The SMILES string of the molecule is Cc1[nH]nc2c1[C@@H](c1ccccc1C(F)(F)F)CC(=O)N2. The Morgan fingerprint density at radius 3 is 2.71 bits per heavy atom. The first-order valence-corrected chi connectivity index (χ1v) is 6.38. The number of halogens is 3. The largest absolute Gasteiger partial charge is 0.416 e. The minimum Gasteiger partial charge on any atom is -0.309 e. The standard InChI is InChI=1S/C14H12F3N3O/c1-7-12-9(6-11(21)18-13(12)20-19-7)8-4-2-3-5-10(8)14(15,16)17/h2-5,9H,6H2,1H3,(H2,18,19,20,21)/t9-/m1/s1. The topological polar surface area (TPSA) is 57.8 Å². The average Bonchev–Trinajstić information content (AvgIpc) is 2.78. The molecule has 1 atom stereocenters. The van der Waals surface area contributed by atoms with E-state index in [1.165, 1.54) is 12.1 Å². The number of alkyl halides is 3. The highest BCUT2D eigenvalue weighted by Crippen LogP contribution is 2.43. The lowest BCUT2D eigenvalue weighted by Gasteiger charge is -2.25. The van der Waals surface area contributed by atoms with Crippen molar-refractivity contribution in [1.82, 2.24) is 10.2 Å². The number of hydrogen-bond acceptors (Lipinski definition) is 2. The normalized spacial score (nSPS) is 18.3. The Hall–Kier alpha value is -2.31. The van der Waals surface area contributed by atoms with Gasteiger partial charge in [-0.3, -0.25) is 9.89 Å². The third kappa shape index (κ3) is 2.28. The van der Waals surface area contributed by atoms with Crippen molar-refractivity contribution in [3.63, 3.8) is 0 Å². The van der Waals surface area contributed by atoms with Gasteiger partial charge in [0, 0.05) is 23.6 Å². The fourth-order valence-electron chi connectivity index (χ4n) is 2.75. The van der Waals surface area contributed by atoms with E-state index < -0.39 is 17.7 Å². The second-order valence-electron chi connectivity index (χ2n) is 5.00. The van der Waals surface area contributed by atoms with Crippen LogP contribution in [0, 0.1) is 6.92 Å². The molecule has 0 spiro atoms. The number of rotatable bonds is 1. The van der Waals surface area contributed by atoms with Crippen LogP contribution in [0.15, 0.2) is 24.3 Å². The van der Waals surface area contributed by atoms with Crippen LogP contribution in [-0.2, 0) is 11.0 Å². The third-order valence-corrected chi connectivity index (χ3v) is 3.63. The third-order valence-electron chi connectivity index (χ3n) is 3.63. The van der Waals surface area contributed by atoms with E-state index in [-0.39, 0.29) is 17.9 Å². The fraction of sp³-hybridized carbons (Fsp3) is 0.286. The molecule has 1 aromatic heterocycles. The molecule has 110 valence electrons. The number of nitrogens with zero attached hydrogens (tertiary/aromatic N) is 1. The lowest BCUT2D eigenvalue weighted by atomic mass is 9.83. The number of aromatic amines is 1. The van der Waals surface area contributed by atoms with Gasteiger partial charge in [0.15, 0.2) is 5.82 Å². The molecule has 3 rings (SSSR count). The number of fused-ring (bicyclic) bond motifs is 1. The van der Waals surface area contributed by atoms with Crippen molar-refractivity contribution in [1.29, 1.82) is 0 Å². The van der Waals surface area contributed by atoms with Crippen molar-refractivity contribution >= 4 is 11.7 Å². The Morgan fingerprint density at radius 1 is 1.29 bits per heavy atom. The van der Waals surface area contributed by atoms with Crippen LogP contribution in [0.2, 0.25) is 0 Å². The van der Waals surface area contributed by atoms with Gasteiger partial charge in [-0.1, -0.05) is 18.2 Å². The van der Waals surface area contributed by atoms with E-state index in [9.17, 15) is 18.0 Å². The molecule has 2 N–H and O–H groups in total. The summed E-state index contributed by atoms with van der Waals surface area (Å²) in [5.74, 6) is -0.674. The van der Waals surface area contributed by atoms with E-state index in [1.807, 2.05) is 0 Å². The summed E-state index contributed by atoms with van der Waals surface area (Å²) >= 11 is 0. The minimum atomic E-state index is -4.46. The van der Waals surface area contributed by atoms with Gasteiger partial charge in [-0.2, -0.15) is 18.3 Å². The molecule has 0 saturated heterocycles. The van der Waals surface area contributed by atoms with Gasteiger partial charge in [0.25, 0.3) is 0 Å². The monoisotopic (exact) mass is 295 g/mol. The van der Waals surface area contributed by atoms with E-state index in [1.54, 1.807) is 13.0 Å². The molecule has 21 heavy (non-hydrogen) atoms. The molecule has 0 bridgehead atoms. The average molecular weight is 295 g/mol. The summed E-state index contributed by atoms with van der Waals surface area (Å²) in [7, 11) is 0. The van der Waals surface area contributed by atoms with Gasteiger partial charge < -0.3 is 5.32 Å². The number of benzene rings is 1. The van der Waals surface area contributed by atoms with Gasteiger partial charge in [0.05, 0.1) is 5.56 Å². The smallest absolute Gasteiger partial charge is 0.309 e. The van der Waals surface area contributed by atoms with Crippen LogP contribution in [0.1, 0.15) is 34.7 Å². The maximum absolute atomic E-state index is 13.2. The summed E-state index contributed by atoms with van der Waals surface area (Å²) in [6, 6.07) is 5.35. The van der Waals surface area contributed by atoms with E-state index in [4.69, 9.17) is 0 Å². The summed E-state index contributed by atoms with van der Waals surface area (Å²) in [5, 5.41) is 9.22. The van der Waals surface area contributed by atoms with Crippen molar-refractivity contribution in [2.45, 2.75) is 25.4 Å². The van der Waals surface area contributed by atoms with Gasteiger partial charge in [-0.15, -0.1) is 0 Å². The molecule has 0 unspecified atom stereocenters. The molecule has 0 saturated carbocycles. The predicted octanol–water partition coefficient (Wildman–Crippen LogP) is 3.21. The molecule has 0 fully saturated rings. The first kappa shape index (κ1) is 13.7. The molecule has 1 aliphatic rings. The van der Waals surface area contributed by atoms with Crippen molar-refractivity contribution in [3.05, 3.63) is 46.6 Å². The van der Waals surface area contributed by atoms with E-state index >= 15 is 0 Å². The van der Waals surface area contributed by atoms with Crippen LogP contribution in [0.25, 0.3) is 0 Å². The molecule has 1 aliphatic heterocycles. The highest BCUT2D eigenvalue weighted by molar-refractivity contribution is 5.94. The lowest BCUT2D eigenvalue weighted by molar-refractivity contribution is -0.138. The van der Waals surface area contributed by atoms with Crippen LogP contribution in [0.4, 0.5) is 19.0 Å². The Balaban J connectivity index is 2.18. The molecule has 2 heterocycles. The maximum Gasteiger partial charge on any atom is 0.416 e. The van der Waals surface area contributed by atoms with Crippen LogP contribution in [-0.4, -0.2) is 16.1 Å². The quantitative estimate of drug-likeness (QED) is 0.848. The summed E-state index contributed by atoms with van der Waals surface area (Å²) in [6.45, 7) is 1.73. The Kier molecular flexibility index (Phi) is 3.00. The second kappa shape index (κ2) is 4.61. The highest BCUT2D eigenvalue weighted by Gasteiger charge is 2.38. The summed E-state index contributed by atoms with van der Waals surface area (Å²) < 4.78 is 39.5. The van der Waals surface area contributed by atoms with Crippen molar-refractivity contribution < 1.29 is 18.0 Å². The van der Waals surface area contributed by atoms with Crippen LogP contribution < -0.4 is 5.32 Å². The van der Waals surface area contributed by atoms with Crippen LogP contribution >= 0.6 is 0 Å². The number of carbonyl (C=O) groups is 1. The second-order valence-corrected chi connectivity index (χ2v) is 5.00. The molecule has 0 aliphatic carbocycles. The molecule has 2 aromatic rings. The zero-order valence-electron chi connectivity index (χ0n) is 11.1. The van der Waals surface area contributed by atoms with Crippen molar-refractivity contribution in [2.24, 2.45) is 0 Å². The number of amides is 1. The zero-order valence-corrected chi connectivity index (χ0v) is 11.1. The van der Waals surface area contributed by atoms with Gasteiger partial charge in [0.1, 0.15) is 0 Å². The highest BCUT2D eigenvalue weighted by atomic mass is 19.4. The number of aryl methyl sites for hydroxylation is 1. The molecular formula is C14H12F3N3O. The van der Waals surface area contributed by atoms with Gasteiger partial charge in [0.2, 0.25) is 5.91 Å². The summed E-state index contributed by atoms with van der Waals surface area (Å²) in [6.07, 6.45) is -4.48. The molecule has 1 aromatic carbocycles. The lowest BCUT2D eigenvalue weighted by Crippen LogP contribution is -2.25. The Bertz CT molecular complexity index is 706. The maximum atomic E-state index is 13.2. The molecule has 7 heteroatoms. The Morgan fingerprint density at radius 2 is 2.00 bits per heavy atom. The minimum absolute atomic E-state index is 0.0273. The van der Waals surface area contributed by atoms with Crippen LogP contribution in [0.5, 0.6) is 0 Å². The van der Waals surface area contributed by atoms with E-state index in [2.05, 4.69) is 15.5 Å². The molecule has 0 radical (unpaired) electrons. The number of H-pyrrole nitrogens is 1. The first-order valence-electron chi connectivity index (χ1n) is 6.38. The molecular weight excluding hydrogens is 283 g/mol. The first-order chi connectivity index (χ1) is 9.88. The number of anilines is 1. The summed E-state index contributed by atoms with van der Waals surface area (Å²) in [4.78, 5) is 11.7. The van der Waals surface area contributed by atoms with Gasteiger partial charge >= 0.3 is 6.18 Å².